The summed E-state index contributed by atoms with van der Waals surface area (Å²) in [4.78, 5) is 0. The van der Waals surface area contributed by atoms with Crippen molar-refractivity contribution >= 4 is 11.8 Å². The lowest BCUT2D eigenvalue weighted by atomic mass is 10.1. The van der Waals surface area contributed by atoms with E-state index in [1.54, 1.807) is 0 Å². The van der Waals surface area contributed by atoms with Crippen molar-refractivity contribution < 1.29 is 0 Å². The molecule has 2 aliphatic carbocycles. The fourth-order valence-electron chi connectivity index (χ4n) is 2.03. The molecule has 13 heavy (non-hydrogen) atoms. The van der Waals surface area contributed by atoms with E-state index in [-0.39, 0.29) is 0 Å². The highest BCUT2D eigenvalue weighted by molar-refractivity contribution is 8.00. The lowest BCUT2D eigenvalue weighted by molar-refractivity contribution is 0.716. The van der Waals surface area contributed by atoms with Crippen LogP contribution in [0.2, 0.25) is 0 Å². The molecule has 0 aromatic rings. The molecule has 2 rings (SSSR count). The van der Waals surface area contributed by atoms with Crippen molar-refractivity contribution in [2.24, 2.45) is 0 Å². The summed E-state index contributed by atoms with van der Waals surface area (Å²) in [6.45, 7) is 0. The summed E-state index contributed by atoms with van der Waals surface area (Å²) < 4.78 is 0. The minimum atomic E-state index is 0.824. The summed E-state index contributed by atoms with van der Waals surface area (Å²) in [6, 6.07) is 0. The fraction of sp³-hybridized carbons (Fsp3) is 0.667. The summed E-state index contributed by atoms with van der Waals surface area (Å²) in [5.74, 6) is 0. The summed E-state index contributed by atoms with van der Waals surface area (Å²) in [5, 5.41) is 1.72. The third kappa shape index (κ3) is 2.91. The average molecular weight is 194 g/mol. The molecule has 0 radical (unpaired) electrons. The smallest absolute Gasteiger partial charge is 0.0230 e. The molecule has 0 N–H and O–H groups in total. The van der Waals surface area contributed by atoms with Crippen LogP contribution in [0.1, 0.15) is 38.5 Å². The van der Waals surface area contributed by atoms with Crippen molar-refractivity contribution in [3.05, 3.63) is 24.3 Å². The van der Waals surface area contributed by atoms with Gasteiger partial charge in [0.1, 0.15) is 0 Å². The zero-order valence-electron chi connectivity index (χ0n) is 8.11. The van der Waals surface area contributed by atoms with Gasteiger partial charge in [-0.25, -0.2) is 0 Å². The zero-order chi connectivity index (χ0) is 8.93. The topological polar surface area (TPSA) is 0 Å². The van der Waals surface area contributed by atoms with Crippen molar-refractivity contribution in [2.45, 2.75) is 49.0 Å². The molecule has 0 aromatic heterocycles. The SMILES string of the molecule is C1=CC(SC2CC=CCC2)CCC1. The van der Waals surface area contributed by atoms with Crippen LogP contribution in [-0.2, 0) is 0 Å². The summed E-state index contributed by atoms with van der Waals surface area (Å²) in [7, 11) is 0. The van der Waals surface area contributed by atoms with E-state index in [4.69, 9.17) is 0 Å². The molecule has 0 fully saturated rings. The van der Waals surface area contributed by atoms with Crippen LogP contribution in [0.5, 0.6) is 0 Å². The summed E-state index contributed by atoms with van der Waals surface area (Å²) in [5.41, 5.74) is 0. The van der Waals surface area contributed by atoms with E-state index < -0.39 is 0 Å². The predicted molar refractivity (Wildman–Crippen MR) is 61.1 cm³/mol. The van der Waals surface area contributed by atoms with Crippen LogP contribution >= 0.6 is 11.8 Å². The van der Waals surface area contributed by atoms with Gasteiger partial charge in [-0.15, -0.1) is 0 Å². The van der Waals surface area contributed by atoms with E-state index >= 15 is 0 Å². The van der Waals surface area contributed by atoms with Gasteiger partial charge in [-0.1, -0.05) is 24.3 Å². The molecule has 2 aliphatic rings. The fourth-order valence-corrected chi connectivity index (χ4v) is 3.52. The minimum Gasteiger partial charge on any atom is -0.151 e. The molecule has 1 heteroatoms. The van der Waals surface area contributed by atoms with Gasteiger partial charge >= 0.3 is 0 Å². The van der Waals surface area contributed by atoms with Crippen LogP contribution in [0.3, 0.4) is 0 Å². The standard InChI is InChI=1S/C12H18S/c1-3-7-11(8-4-1)13-12-9-5-2-6-10-12/h1,3,5,9,11-12H,2,4,6-8,10H2. The van der Waals surface area contributed by atoms with E-state index in [9.17, 15) is 0 Å². The molecular formula is C12H18S. The Labute approximate surface area is 85.5 Å². The minimum absolute atomic E-state index is 0.824. The Bertz CT molecular complexity index is 205. The van der Waals surface area contributed by atoms with Crippen LogP contribution in [-0.4, -0.2) is 10.5 Å². The van der Waals surface area contributed by atoms with E-state index in [1.165, 1.54) is 38.5 Å². The highest BCUT2D eigenvalue weighted by Gasteiger charge is 2.16. The first-order valence-electron chi connectivity index (χ1n) is 5.42. The number of rotatable bonds is 2. The second-order valence-electron chi connectivity index (χ2n) is 3.94. The molecule has 0 saturated carbocycles. The Balaban J connectivity index is 1.79. The molecule has 0 bridgehead atoms. The monoisotopic (exact) mass is 194 g/mol. The third-order valence-electron chi connectivity index (χ3n) is 2.80. The van der Waals surface area contributed by atoms with E-state index in [0.29, 0.717) is 0 Å². The van der Waals surface area contributed by atoms with Gasteiger partial charge in [0, 0.05) is 10.5 Å². The first-order valence-corrected chi connectivity index (χ1v) is 6.36. The van der Waals surface area contributed by atoms with Crippen molar-refractivity contribution in [2.75, 3.05) is 0 Å². The number of hydrogen-bond acceptors (Lipinski definition) is 1. The van der Waals surface area contributed by atoms with Gasteiger partial charge in [-0.05, 0) is 38.5 Å². The quantitative estimate of drug-likeness (QED) is 0.600. The van der Waals surface area contributed by atoms with Crippen molar-refractivity contribution in [3.8, 4) is 0 Å². The molecule has 0 aromatic carbocycles. The van der Waals surface area contributed by atoms with Crippen molar-refractivity contribution in [1.82, 2.24) is 0 Å². The number of allylic oxidation sites excluding steroid dienone is 3. The van der Waals surface area contributed by atoms with Gasteiger partial charge < -0.3 is 0 Å². The van der Waals surface area contributed by atoms with Crippen LogP contribution < -0.4 is 0 Å². The van der Waals surface area contributed by atoms with Crippen LogP contribution in [0.4, 0.5) is 0 Å². The molecule has 0 spiro atoms. The third-order valence-corrected chi connectivity index (χ3v) is 4.35. The Morgan fingerprint density at radius 2 is 2.00 bits per heavy atom. The highest BCUT2D eigenvalue weighted by atomic mass is 32.2. The maximum absolute atomic E-state index is 2.42. The van der Waals surface area contributed by atoms with Crippen molar-refractivity contribution in [1.29, 1.82) is 0 Å². The Hall–Kier alpha value is -0.170. The van der Waals surface area contributed by atoms with E-state index in [1.807, 2.05) is 0 Å². The largest absolute Gasteiger partial charge is 0.151 e. The average Bonchev–Trinajstić information content (AvgIpc) is 2.21. The zero-order valence-corrected chi connectivity index (χ0v) is 8.93. The molecule has 0 heterocycles. The first-order chi connectivity index (χ1) is 6.45. The molecule has 0 saturated heterocycles. The molecule has 72 valence electrons. The van der Waals surface area contributed by atoms with E-state index in [0.717, 1.165) is 10.5 Å². The molecule has 0 nitrogen and oxygen atoms in total. The highest BCUT2D eigenvalue weighted by Crippen LogP contribution is 2.32. The molecule has 2 atom stereocenters. The second kappa shape index (κ2) is 4.90. The molecular weight excluding hydrogens is 176 g/mol. The van der Waals surface area contributed by atoms with Crippen LogP contribution in [0.25, 0.3) is 0 Å². The molecule has 2 unspecified atom stereocenters. The maximum atomic E-state index is 2.42. The van der Waals surface area contributed by atoms with Gasteiger partial charge in [0.05, 0.1) is 0 Å². The summed E-state index contributed by atoms with van der Waals surface area (Å²) in [6.07, 6.45) is 17.6. The molecule has 0 aliphatic heterocycles. The number of thioether (sulfide) groups is 1. The number of hydrogen-bond donors (Lipinski definition) is 0. The maximum Gasteiger partial charge on any atom is 0.0230 e. The van der Waals surface area contributed by atoms with Gasteiger partial charge in [0.2, 0.25) is 0 Å². The first kappa shape index (κ1) is 9.39. The second-order valence-corrected chi connectivity index (χ2v) is 5.48. The van der Waals surface area contributed by atoms with Gasteiger partial charge in [-0.2, -0.15) is 11.8 Å². The van der Waals surface area contributed by atoms with E-state index in [2.05, 4.69) is 36.1 Å². The van der Waals surface area contributed by atoms with Gasteiger partial charge in [0.25, 0.3) is 0 Å². The lowest BCUT2D eigenvalue weighted by Gasteiger charge is -2.23. The Morgan fingerprint density at radius 3 is 2.69 bits per heavy atom. The Morgan fingerprint density at radius 1 is 1.00 bits per heavy atom. The normalized spacial score (nSPS) is 33.5. The van der Waals surface area contributed by atoms with Gasteiger partial charge in [-0.3, -0.25) is 0 Å². The lowest BCUT2D eigenvalue weighted by Crippen LogP contribution is -2.12. The van der Waals surface area contributed by atoms with Gasteiger partial charge in [0.15, 0.2) is 0 Å². The van der Waals surface area contributed by atoms with Crippen molar-refractivity contribution in [3.63, 3.8) is 0 Å². The van der Waals surface area contributed by atoms with Crippen LogP contribution in [0, 0.1) is 0 Å². The predicted octanol–water partition coefficient (Wildman–Crippen LogP) is 3.94. The summed E-state index contributed by atoms with van der Waals surface area (Å²) >= 11 is 2.20. The van der Waals surface area contributed by atoms with Crippen LogP contribution in [0.15, 0.2) is 24.3 Å². The molecule has 0 amide bonds. The Kier molecular flexibility index (Phi) is 3.54.